The Morgan fingerprint density at radius 1 is 1.44 bits per heavy atom. The first-order chi connectivity index (χ1) is 8.83. The van der Waals surface area contributed by atoms with Crippen LogP contribution in [0.4, 0.5) is 0 Å². The molecule has 18 heavy (non-hydrogen) atoms. The predicted octanol–water partition coefficient (Wildman–Crippen LogP) is 0.515. The summed E-state index contributed by atoms with van der Waals surface area (Å²) >= 11 is 0. The zero-order chi connectivity index (χ0) is 12.8. The Bertz CT molecular complexity index is 350. The normalized spacial score (nSPS) is 20.7. The lowest BCUT2D eigenvalue weighted by atomic mass is 10.1. The van der Waals surface area contributed by atoms with Crippen LogP contribution in [-0.2, 0) is 13.1 Å². The molecule has 1 fully saturated rings. The van der Waals surface area contributed by atoms with Gasteiger partial charge in [0.15, 0.2) is 5.82 Å². The Morgan fingerprint density at radius 3 is 3.11 bits per heavy atom. The largest absolute Gasteiger partial charge is 0.319 e. The average molecular weight is 252 g/mol. The van der Waals surface area contributed by atoms with Crippen LogP contribution < -0.4 is 5.32 Å². The Labute approximate surface area is 109 Å². The highest BCUT2D eigenvalue weighted by atomic mass is 15.5. The van der Waals surface area contributed by atoms with E-state index in [1.165, 1.54) is 12.8 Å². The number of hydrogen-bond donors (Lipinski definition) is 1. The summed E-state index contributed by atoms with van der Waals surface area (Å²) in [7, 11) is 2.02. The fraction of sp³-hybridized carbons (Fsp3) is 0.917. The average Bonchev–Trinajstić information content (AvgIpc) is 2.98. The number of nitrogens with zero attached hydrogens (tertiary/aromatic N) is 5. The molecule has 0 radical (unpaired) electrons. The molecule has 1 unspecified atom stereocenters. The fourth-order valence-corrected chi connectivity index (χ4v) is 2.53. The molecule has 2 heterocycles. The molecular formula is C12H24N6. The van der Waals surface area contributed by atoms with E-state index in [1.807, 2.05) is 11.7 Å². The molecule has 2 rings (SSSR count). The van der Waals surface area contributed by atoms with Crippen LogP contribution in [0.5, 0.6) is 0 Å². The van der Waals surface area contributed by atoms with Gasteiger partial charge in [0.05, 0.1) is 6.54 Å². The van der Waals surface area contributed by atoms with Gasteiger partial charge in [0.25, 0.3) is 0 Å². The highest BCUT2D eigenvalue weighted by molar-refractivity contribution is 4.85. The van der Waals surface area contributed by atoms with Crippen LogP contribution in [0, 0.1) is 5.92 Å². The van der Waals surface area contributed by atoms with Crippen molar-refractivity contribution in [3.8, 4) is 0 Å². The van der Waals surface area contributed by atoms with E-state index in [0.717, 1.165) is 50.9 Å². The second kappa shape index (κ2) is 6.80. The molecule has 1 aromatic heterocycles. The lowest BCUT2D eigenvalue weighted by Gasteiger charge is -2.15. The standard InChI is InChI=1S/C12H24N6/c1-3-4-6-18-12(14-15-16-18)10-17-7-5-11(9-17)8-13-2/h11,13H,3-10H2,1-2H3. The highest BCUT2D eigenvalue weighted by Gasteiger charge is 2.23. The zero-order valence-electron chi connectivity index (χ0n) is 11.5. The van der Waals surface area contributed by atoms with Crippen LogP contribution in [0.15, 0.2) is 0 Å². The minimum absolute atomic E-state index is 0.773. The van der Waals surface area contributed by atoms with Gasteiger partial charge in [0.2, 0.25) is 0 Å². The molecule has 0 aromatic carbocycles. The van der Waals surface area contributed by atoms with Gasteiger partial charge in [-0.05, 0) is 49.3 Å². The number of aromatic nitrogens is 4. The van der Waals surface area contributed by atoms with Gasteiger partial charge in [-0.25, -0.2) is 4.68 Å². The van der Waals surface area contributed by atoms with Gasteiger partial charge >= 0.3 is 0 Å². The molecule has 0 bridgehead atoms. The van der Waals surface area contributed by atoms with Crippen LogP contribution in [0.3, 0.4) is 0 Å². The van der Waals surface area contributed by atoms with Crippen molar-refractivity contribution in [3.05, 3.63) is 5.82 Å². The topological polar surface area (TPSA) is 58.9 Å². The van der Waals surface area contributed by atoms with E-state index in [0.29, 0.717) is 0 Å². The molecular weight excluding hydrogens is 228 g/mol. The molecule has 0 spiro atoms. The van der Waals surface area contributed by atoms with E-state index in [-0.39, 0.29) is 0 Å². The quantitative estimate of drug-likeness (QED) is 0.766. The molecule has 6 heteroatoms. The van der Waals surface area contributed by atoms with E-state index < -0.39 is 0 Å². The van der Waals surface area contributed by atoms with Crippen LogP contribution >= 0.6 is 0 Å². The maximum absolute atomic E-state index is 4.15. The van der Waals surface area contributed by atoms with Crippen molar-refractivity contribution < 1.29 is 0 Å². The first kappa shape index (κ1) is 13.4. The van der Waals surface area contributed by atoms with E-state index in [1.54, 1.807) is 0 Å². The lowest BCUT2D eigenvalue weighted by Crippen LogP contribution is -2.25. The summed E-state index contributed by atoms with van der Waals surface area (Å²) in [6.07, 6.45) is 3.59. The first-order valence-electron chi connectivity index (χ1n) is 6.95. The second-order valence-corrected chi connectivity index (χ2v) is 5.12. The Hall–Kier alpha value is -1.01. The molecule has 102 valence electrons. The Kier molecular flexibility index (Phi) is 5.07. The summed E-state index contributed by atoms with van der Waals surface area (Å²) < 4.78 is 1.95. The van der Waals surface area contributed by atoms with Crippen molar-refractivity contribution in [2.24, 2.45) is 5.92 Å². The maximum atomic E-state index is 4.15. The van der Waals surface area contributed by atoms with Crippen molar-refractivity contribution in [1.29, 1.82) is 0 Å². The van der Waals surface area contributed by atoms with Crippen LogP contribution in [0.2, 0.25) is 0 Å². The number of likely N-dealkylation sites (tertiary alicyclic amines) is 1. The van der Waals surface area contributed by atoms with Gasteiger partial charge in [0.1, 0.15) is 0 Å². The van der Waals surface area contributed by atoms with Gasteiger partial charge in [-0.3, -0.25) is 4.90 Å². The minimum atomic E-state index is 0.773. The number of nitrogens with one attached hydrogen (secondary N) is 1. The SMILES string of the molecule is CCCCn1nnnc1CN1CCC(CNC)C1. The third-order valence-electron chi connectivity index (χ3n) is 3.56. The van der Waals surface area contributed by atoms with Gasteiger partial charge in [-0.1, -0.05) is 13.3 Å². The summed E-state index contributed by atoms with van der Waals surface area (Å²) in [5, 5.41) is 15.3. The fourth-order valence-electron chi connectivity index (χ4n) is 2.53. The molecule has 6 nitrogen and oxygen atoms in total. The minimum Gasteiger partial charge on any atom is -0.319 e. The van der Waals surface area contributed by atoms with Crippen LogP contribution in [0.25, 0.3) is 0 Å². The zero-order valence-corrected chi connectivity index (χ0v) is 11.5. The molecule has 0 saturated carbocycles. The van der Waals surface area contributed by atoms with Crippen LogP contribution in [-0.4, -0.2) is 51.8 Å². The van der Waals surface area contributed by atoms with Crippen molar-refractivity contribution in [2.45, 2.75) is 39.3 Å². The van der Waals surface area contributed by atoms with Crippen molar-refractivity contribution in [1.82, 2.24) is 30.4 Å². The van der Waals surface area contributed by atoms with Crippen molar-refractivity contribution >= 4 is 0 Å². The number of hydrogen-bond acceptors (Lipinski definition) is 5. The van der Waals surface area contributed by atoms with Crippen LogP contribution in [0.1, 0.15) is 32.0 Å². The van der Waals surface area contributed by atoms with Crippen molar-refractivity contribution in [2.75, 3.05) is 26.7 Å². The van der Waals surface area contributed by atoms with Gasteiger partial charge in [-0.15, -0.1) is 5.10 Å². The van der Waals surface area contributed by atoms with Gasteiger partial charge in [0, 0.05) is 13.1 Å². The van der Waals surface area contributed by atoms with Crippen molar-refractivity contribution in [3.63, 3.8) is 0 Å². The van der Waals surface area contributed by atoms with E-state index >= 15 is 0 Å². The molecule has 1 aliphatic rings. The number of unbranched alkanes of at least 4 members (excludes halogenated alkanes) is 1. The molecule has 1 atom stereocenters. The maximum Gasteiger partial charge on any atom is 0.165 e. The molecule has 1 saturated heterocycles. The van der Waals surface area contributed by atoms with E-state index in [9.17, 15) is 0 Å². The van der Waals surface area contributed by atoms with Gasteiger partial charge in [-0.2, -0.15) is 0 Å². The van der Waals surface area contributed by atoms with E-state index in [4.69, 9.17) is 0 Å². The van der Waals surface area contributed by atoms with E-state index in [2.05, 4.69) is 32.7 Å². The number of rotatable bonds is 7. The third-order valence-corrected chi connectivity index (χ3v) is 3.56. The monoisotopic (exact) mass is 252 g/mol. The Balaban J connectivity index is 1.84. The molecule has 0 amide bonds. The summed E-state index contributed by atoms with van der Waals surface area (Å²) in [6.45, 7) is 7.43. The second-order valence-electron chi connectivity index (χ2n) is 5.12. The summed E-state index contributed by atoms with van der Waals surface area (Å²) in [5.74, 6) is 1.78. The predicted molar refractivity (Wildman–Crippen MR) is 70.0 cm³/mol. The van der Waals surface area contributed by atoms with Gasteiger partial charge < -0.3 is 5.32 Å². The number of tetrazole rings is 1. The molecule has 1 aromatic rings. The Morgan fingerprint density at radius 2 is 2.33 bits per heavy atom. The molecule has 0 aliphatic carbocycles. The summed E-state index contributed by atoms with van der Waals surface area (Å²) in [6, 6.07) is 0. The highest BCUT2D eigenvalue weighted by Crippen LogP contribution is 2.17. The smallest absolute Gasteiger partial charge is 0.165 e. The molecule has 1 N–H and O–H groups in total. The lowest BCUT2D eigenvalue weighted by molar-refractivity contribution is 0.299. The summed E-state index contributed by atoms with van der Waals surface area (Å²) in [4.78, 5) is 2.45. The number of aryl methyl sites for hydroxylation is 1. The molecule has 1 aliphatic heterocycles. The third kappa shape index (κ3) is 3.49. The summed E-state index contributed by atoms with van der Waals surface area (Å²) in [5.41, 5.74) is 0. The first-order valence-corrected chi connectivity index (χ1v) is 6.95.